The zero-order valence-corrected chi connectivity index (χ0v) is 12.9. The molecule has 0 spiro atoms. The third-order valence-electron chi connectivity index (χ3n) is 3.82. The zero-order valence-electron chi connectivity index (χ0n) is 12.9. The summed E-state index contributed by atoms with van der Waals surface area (Å²) in [6, 6.07) is 12.7. The highest BCUT2D eigenvalue weighted by Crippen LogP contribution is 2.09. The van der Waals surface area contributed by atoms with Gasteiger partial charge in [-0.05, 0) is 31.4 Å². The SMILES string of the molecule is CCC(C)n1ccc(CNC(CO)Cc2ccccc2)n1. The standard InChI is InChI=1S/C17H25N3O/c1-3-14(2)20-10-9-16(19-20)12-18-17(13-21)11-15-7-5-4-6-8-15/h4-10,14,17-18,21H,3,11-13H2,1-2H3. The van der Waals surface area contributed by atoms with Crippen molar-refractivity contribution < 1.29 is 5.11 Å². The number of hydrogen-bond acceptors (Lipinski definition) is 3. The molecule has 0 aliphatic rings. The fourth-order valence-corrected chi connectivity index (χ4v) is 2.25. The molecule has 0 amide bonds. The molecule has 114 valence electrons. The Kier molecular flexibility index (Phi) is 5.96. The smallest absolute Gasteiger partial charge is 0.0762 e. The normalized spacial score (nSPS) is 14.0. The lowest BCUT2D eigenvalue weighted by atomic mass is 10.1. The van der Waals surface area contributed by atoms with E-state index < -0.39 is 0 Å². The van der Waals surface area contributed by atoms with Gasteiger partial charge in [-0.2, -0.15) is 5.10 Å². The molecule has 1 heterocycles. The second-order valence-corrected chi connectivity index (χ2v) is 5.49. The largest absolute Gasteiger partial charge is 0.395 e. The second-order valence-electron chi connectivity index (χ2n) is 5.49. The summed E-state index contributed by atoms with van der Waals surface area (Å²) in [5, 5.41) is 17.5. The van der Waals surface area contributed by atoms with Gasteiger partial charge in [-0.1, -0.05) is 37.3 Å². The number of hydrogen-bond donors (Lipinski definition) is 2. The Labute approximate surface area is 126 Å². The Morgan fingerprint density at radius 3 is 2.67 bits per heavy atom. The third-order valence-corrected chi connectivity index (χ3v) is 3.82. The van der Waals surface area contributed by atoms with E-state index in [1.807, 2.05) is 35.1 Å². The van der Waals surface area contributed by atoms with Crippen molar-refractivity contribution in [3.8, 4) is 0 Å². The van der Waals surface area contributed by atoms with E-state index >= 15 is 0 Å². The molecule has 0 fully saturated rings. The Morgan fingerprint density at radius 2 is 2.00 bits per heavy atom. The molecule has 2 rings (SSSR count). The Hall–Kier alpha value is -1.65. The highest BCUT2D eigenvalue weighted by Gasteiger charge is 2.10. The van der Waals surface area contributed by atoms with Gasteiger partial charge in [0.15, 0.2) is 0 Å². The molecular formula is C17H25N3O. The van der Waals surface area contributed by atoms with Crippen LogP contribution in [-0.2, 0) is 13.0 Å². The lowest BCUT2D eigenvalue weighted by Gasteiger charge is -2.15. The van der Waals surface area contributed by atoms with Gasteiger partial charge in [0, 0.05) is 24.8 Å². The van der Waals surface area contributed by atoms with E-state index in [1.54, 1.807) is 0 Å². The van der Waals surface area contributed by atoms with Crippen molar-refractivity contribution in [1.82, 2.24) is 15.1 Å². The topological polar surface area (TPSA) is 50.1 Å². The van der Waals surface area contributed by atoms with Crippen LogP contribution in [0.15, 0.2) is 42.6 Å². The van der Waals surface area contributed by atoms with Gasteiger partial charge in [0.05, 0.1) is 12.3 Å². The zero-order chi connectivity index (χ0) is 15.1. The van der Waals surface area contributed by atoms with Gasteiger partial charge in [0.2, 0.25) is 0 Å². The van der Waals surface area contributed by atoms with Crippen LogP contribution in [0.5, 0.6) is 0 Å². The van der Waals surface area contributed by atoms with Gasteiger partial charge in [-0.15, -0.1) is 0 Å². The molecule has 2 atom stereocenters. The van der Waals surface area contributed by atoms with Crippen LogP contribution in [0.3, 0.4) is 0 Å². The quantitative estimate of drug-likeness (QED) is 0.784. The van der Waals surface area contributed by atoms with E-state index in [0.717, 1.165) is 18.5 Å². The Balaban J connectivity index is 1.87. The van der Waals surface area contributed by atoms with E-state index in [2.05, 4.69) is 36.4 Å². The van der Waals surface area contributed by atoms with E-state index in [-0.39, 0.29) is 12.6 Å². The number of rotatable bonds is 8. The van der Waals surface area contributed by atoms with E-state index in [9.17, 15) is 5.11 Å². The summed E-state index contributed by atoms with van der Waals surface area (Å²) in [6.45, 7) is 5.13. The summed E-state index contributed by atoms with van der Waals surface area (Å²) in [5.74, 6) is 0. The first kappa shape index (κ1) is 15.7. The maximum atomic E-state index is 9.51. The first-order chi connectivity index (χ1) is 10.2. The summed E-state index contributed by atoms with van der Waals surface area (Å²) in [5.41, 5.74) is 2.25. The minimum absolute atomic E-state index is 0.0566. The van der Waals surface area contributed by atoms with Crippen LogP contribution in [-0.4, -0.2) is 27.5 Å². The van der Waals surface area contributed by atoms with Gasteiger partial charge in [-0.3, -0.25) is 4.68 Å². The molecule has 21 heavy (non-hydrogen) atoms. The molecule has 0 aliphatic heterocycles. The van der Waals surface area contributed by atoms with Gasteiger partial charge in [0.1, 0.15) is 0 Å². The number of nitrogens with one attached hydrogen (secondary N) is 1. The molecule has 0 saturated heterocycles. The fourth-order valence-electron chi connectivity index (χ4n) is 2.25. The minimum atomic E-state index is 0.0566. The minimum Gasteiger partial charge on any atom is -0.395 e. The fraction of sp³-hybridized carbons (Fsp3) is 0.471. The molecule has 2 unspecified atom stereocenters. The number of aromatic nitrogens is 2. The van der Waals surface area contributed by atoms with Gasteiger partial charge in [0.25, 0.3) is 0 Å². The van der Waals surface area contributed by atoms with Crippen LogP contribution >= 0.6 is 0 Å². The maximum Gasteiger partial charge on any atom is 0.0762 e. The molecular weight excluding hydrogens is 262 g/mol. The lowest BCUT2D eigenvalue weighted by molar-refractivity contribution is 0.240. The highest BCUT2D eigenvalue weighted by molar-refractivity contribution is 5.16. The van der Waals surface area contributed by atoms with Gasteiger partial charge < -0.3 is 10.4 Å². The van der Waals surface area contributed by atoms with Crippen molar-refractivity contribution in [2.24, 2.45) is 0 Å². The van der Waals surface area contributed by atoms with E-state index in [4.69, 9.17) is 0 Å². The molecule has 0 aliphatic carbocycles. The van der Waals surface area contributed by atoms with E-state index in [0.29, 0.717) is 12.6 Å². The molecule has 0 saturated carbocycles. The summed E-state index contributed by atoms with van der Waals surface area (Å²) in [4.78, 5) is 0. The van der Waals surface area contributed by atoms with Crippen molar-refractivity contribution in [1.29, 1.82) is 0 Å². The van der Waals surface area contributed by atoms with Crippen molar-refractivity contribution in [3.05, 3.63) is 53.9 Å². The average molecular weight is 287 g/mol. The van der Waals surface area contributed by atoms with Crippen LogP contribution < -0.4 is 5.32 Å². The molecule has 2 aromatic rings. The maximum absolute atomic E-state index is 9.51. The predicted molar refractivity (Wildman–Crippen MR) is 85.1 cm³/mol. The van der Waals surface area contributed by atoms with Crippen LogP contribution in [0.4, 0.5) is 0 Å². The summed E-state index contributed by atoms with van der Waals surface area (Å²) in [6.07, 6.45) is 3.92. The summed E-state index contributed by atoms with van der Waals surface area (Å²) < 4.78 is 2.00. The molecule has 1 aromatic carbocycles. The summed E-state index contributed by atoms with van der Waals surface area (Å²) in [7, 11) is 0. The second kappa shape index (κ2) is 7.96. The van der Waals surface area contributed by atoms with Crippen molar-refractivity contribution in [2.75, 3.05) is 6.61 Å². The molecule has 0 radical (unpaired) electrons. The van der Waals surface area contributed by atoms with Crippen LogP contribution in [0.1, 0.15) is 37.6 Å². The first-order valence-electron chi connectivity index (χ1n) is 7.65. The molecule has 4 heteroatoms. The average Bonchev–Trinajstić information content (AvgIpc) is 3.00. The number of nitrogens with zero attached hydrogens (tertiary/aromatic N) is 2. The summed E-state index contributed by atoms with van der Waals surface area (Å²) >= 11 is 0. The van der Waals surface area contributed by atoms with Crippen LogP contribution in [0.2, 0.25) is 0 Å². The number of aliphatic hydroxyl groups excluding tert-OH is 1. The van der Waals surface area contributed by atoms with Crippen LogP contribution in [0, 0.1) is 0 Å². The highest BCUT2D eigenvalue weighted by atomic mass is 16.3. The lowest BCUT2D eigenvalue weighted by Crippen LogP contribution is -2.34. The molecule has 2 N–H and O–H groups in total. The third kappa shape index (κ3) is 4.69. The predicted octanol–water partition coefficient (Wildman–Crippen LogP) is 2.55. The molecule has 1 aromatic heterocycles. The molecule has 4 nitrogen and oxygen atoms in total. The van der Waals surface area contributed by atoms with Crippen molar-refractivity contribution in [3.63, 3.8) is 0 Å². The first-order valence-corrected chi connectivity index (χ1v) is 7.65. The van der Waals surface area contributed by atoms with Gasteiger partial charge >= 0.3 is 0 Å². The van der Waals surface area contributed by atoms with Gasteiger partial charge in [-0.25, -0.2) is 0 Å². The number of benzene rings is 1. The van der Waals surface area contributed by atoms with E-state index in [1.165, 1.54) is 5.56 Å². The van der Waals surface area contributed by atoms with Crippen molar-refractivity contribution in [2.45, 2.75) is 45.3 Å². The van der Waals surface area contributed by atoms with Crippen LogP contribution in [0.25, 0.3) is 0 Å². The Morgan fingerprint density at radius 1 is 1.24 bits per heavy atom. The Bertz CT molecular complexity index is 524. The monoisotopic (exact) mass is 287 g/mol. The molecule has 0 bridgehead atoms. The van der Waals surface area contributed by atoms with Crippen molar-refractivity contribution >= 4 is 0 Å². The number of aliphatic hydroxyl groups is 1.